The molecule has 0 spiro atoms. The van der Waals surface area contributed by atoms with Crippen LogP contribution in [0.5, 0.6) is 0 Å². The predicted octanol–water partition coefficient (Wildman–Crippen LogP) is 2.92. The standard InChI is InChI=1S/C23H22Cl2N6O3/c1-12-8-15-18(11-30(12)21(33)13-4-6-16(24)17(25)9-13)29-23(27-3)31(22(15)34)19-7-5-14(10-28-19)20(32)26-2/h4-7,9-10,12H,8,11H2,1-3H3,(H,26,32)(H,27,29)/t12-/m1/s1. The van der Waals surface area contributed by atoms with Crippen LogP contribution >= 0.6 is 23.2 Å². The van der Waals surface area contributed by atoms with Gasteiger partial charge in [0.1, 0.15) is 5.82 Å². The first kappa shape index (κ1) is 23.7. The highest BCUT2D eigenvalue weighted by Gasteiger charge is 2.32. The first-order valence-electron chi connectivity index (χ1n) is 10.5. The van der Waals surface area contributed by atoms with Crippen molar-refractivity contribution in [3.63, 3.8) is 0 Å². The second-order valence-electron chi connectivity index (χ2n) is 7.85. The van der Waals surface area contributed by atoms with Gasteiger partial charge in [-0.2, -0.15) is 0 Å². The third-order valence-electron chi connectivity index (χ3n) is 5.73. The summed E-state index contributed by atoms with van der Waals surface area (Å²) >= 11 is 12.1. The fraction of sp³-hybridized carbons (Fsp3) is 0.261. The van der Waals surface area contributed by atoms with Crippen molar-refractivity contribution in [1.82, 2.24) is 24.8 Å². The number of anilines is 1. The average Bonchev–Trinajstić information content (AvgIpc) is 2.85. The van der Waals surface area contributed by atoms with Gasteiger partial charge in [0, 0.05) is 37.5 Å². The second kappa shape index (κ2) is 9.44. The maximum atomic E-state index is 13.5. The first-order valence-corrected chi connectivity index (χ1v) is 11.3. The number of benzene rings is 1. The lowest BCUT2D eigenvalue weighted by molar-refractivity contribution is 0.0653. The minimum Gasteiger partial charge on any atom is -0.358 e. The zero-order valence-corrected chi connectivity index (χ0v) is 20.2. The number of nitrogens with zero attached hydrogens (tertiary/aromatic N) is 4. The molecule has 3 aromatic rings. The Labute approximate surface area is 205 Å². The van der Waals surface area contributed by atoms with Crippen LogP contribution in [-0.4, -0.2) is 51.4 Å². The van der Waals surface area contributed by atoms with Gasteiger partial charge in [-0.05, 0) is 43.7 Å². The van der Waals surface area contributed by atoms with Gasteiger partial charge >= 0.3 is 0 Å². The van der Waals surface area contributed by atoms with Crippen molar-refractivity contribution in [2.24, 2.45) is 0 Å². The van der Waals surface area contributed by atoms with E-state index in [0.29, 0.717) is 44.7 Å². The van der Waals surface area contributed by atoms with Crippen LogP contribution in [0.4, 0.5) is 5.95 Å². The predicted molar refractivity (Wildman–Crippen MR) is 130 cm³/mol. The Morgan fingerprint density at radius 1 is 1.09 bits per heavy atom. The topological polar surface area (TPSA) is 109 Å². The lowest BCUT2D eigenvalue weighted by Crippen LogP contribution is -2.46. The molecule has 1 aromatic carbocycles. The van der Waals surface area contributed by atoms with Crippen LogP contribution in [0.3, 0.4) is 0 Å². The van der Waals surface area contributed by atoms with Crippen molar-refractivity contribution < 1.29 is 9.59 Å². The van der Waals surface area contributed by atoms with E-state index in [1.807, 2.05) is 6.92 Å². The minimum absolute atomic E-state index is 0.170. The number of aromatic nitrogens is 3. The summed E-state index contributed by atoms with van der Waals surface area (Å²) < 4.78 is 1.37. The highest BCUT2D eigenvalue weighted by Crippen LogP contribution is 2.27. The number of hydrogen-bond donors (Lipinski definition) is 2. The molecular weight excluding hydrogens is 479 g/mol. The van der Waals surface area contributed by atoms with E-state index in [-0.39, 0.29) is 35.9 Å². The molecule has 176 valence electrons. The molecule has 2 N–H and O–H groups in total. The van der Waals surface area contributed by atoms with Crippen molar-refractivity contribution >= 4 is 41.0 Å². The van der Waals surface area contributed by atoms with Crippen molar-refractivity contribution in [3.05, 3.63) is 79.3 Å². The van der Waals surface area contributed by atoms with Gasteiger partial charge < -0.3 is 15.5 Å². The summed E-state index contributed by atoms with van der Waals surface area (Å²) in [4.78, 5) is 49.0. The van der Waals surface area contributed by atoms with E-state index >= 15 is 0 Å². The molecular formula is C23H22Cl2N6O3. The van der Waals surface area contributed by atoms with Gasteiger partial charge in [0.2, 0.25) is 5.95 Å². The Morgan fingerprint density at radius 3 is 2.44 bits per heavy atom. The van der Waals surface area contributed by atoms with Crippen LogP contribution < -0.4 is 16.2 Å². The second-order valence-corrected chi connectivity index (χ2v) is 8.66. The van der Waals surface area contributed by atoms with Crippen molar-refractivity contribution in [2.75, 3.05) is 19.4 Å². The van der Waals surface area contributed by atoms with Crippen molar-refractivity contribution in [3.8, 4) is 5.82 Å². The van der Waals surface area contributed by atoms with Crippen molar-refractivity contribution in [1.29, 1.82) is 0 Å². The Kier molecular flexibility index (Phi) is 6.58. The van der Waals surface area contributed by atoms with E-state index in [1.54, 1.807) is 36.2 Å². The number of halogens is 2. The zero-order chi connectivity index (χ0) is 24.6. The van der Waals surface area contributed by atoms with Crippen LogP contribution in [0.1, 0.15) is 38.9 Å². The van der Waals surface area contributed by atoms with Gasteiger partial charge in [0.05, 0.1) is 27.8 Å². The van der Waals surface area contributed by atoms with E-state index in [2.05, 4.69) is 20.6 Å². The first-order chi connectivity index (χ1) is 16.2. The summed E-state index contributed by atoms with van der Waals surface area (Å²) in [6.45, 7) is 2.05. The molecule has 0 saturated carbocycles. The van der Waals surface area contributed by atoms with Gasteiger partial charge in [-0.3, -0.25) is 14.4 Å². The van der Waals surface area contributed by atoms with Crippen molar-refractivity contribution in [2.45, 2.75) is 25.9 Å². The Hall–Kier alpha value is -3.43. The number of nitrogens with one attached hydrogen (secondary N) is 2. The Morgan fingerprint density at radius 2 is 1.82 bits per heavy atom. The number of amides is 2. The van der Waals surface area contributed by atoms with Crippen LogP contribution in [0, 0.1) is 0 Å². The van der Waals surface area contributed by atoms with Gasteiger partial charge in [-0.15, -0.1) is 0 Å². The summed E-state index contributed by atoms with van der Waals surface area (Å²) in [6.07, 6.45) is 1.73. The molecule has 1 aliphatic rings. The van der Waals surface area contributed by atoms with Crippen LogP contribution in [0.2, 0.25) is 10.0 Å². The molecule has 0 fully saturated rings. The molecule has 1 aliphatic heterocycles. The summed E-state index contributed by atoms with van der Waals surface area (Å²) in [6, 6.07) is 7.67. The SMILES string of the molecule is CNC(=O)c1ccc(-n2c(NC)nc3c(c2=O)C[C@@H](C)N(C(=O)c2ccc(Cl)c(Cl)c2)C3)nc1. The lowest BCUT2D eigenvalue weighted by atomic mass is 9.98. The molecule has 0 bridgehead atoms. The molecule has 3 heterocycles. The smallest absolute Gasteiger partial charge is 0.264 e. The van der Waals surface area contributed by atoms with E-state index in [1.165, 1.54) is 23.9 Å². The maximum Gasteiger partial charge on any atom is 0.264 e. The monoisotopic (exact) mass is 500 g/mol. The molecule has 2 aromatic heterocycles. The van der Waals surface area contributed by atoms with Gasteiger partial charge in [-0.25, -0.2) is 14.5 Å². The molecule has 34 heavy (non-hydrogen) atoms. The van der Waals surface area contributed by atoms with Crippen LogP contribution in [0.15, 0.2) is 41.3 Å². The van der Waals surface area contributed by atoms with E-state index in [4.69, 9.17) is 23.2 Å². The molecule has 0 saturated heterocycles. The average molecular weight is 501 g/mol. The number of carbonyl (C=O) groups is 2. The molecule has 4 rings (SSSR count). The summed E-state index contributed by atoms with van der Waals surface area (Å²) in [5, 5.41) is 6.13. The number of carbonyl (C=O) groups excluding carboxylic acids is 2. The third kappa shape index (κ3) is 4.24. The van der Waals surface area contributed by atoms with Crippen LogP contribution in [-0.2, 0) is 13.0 Å². The molecule has 0 radical (unpaired) electrons. The fourth-order valence-electron chi connectivity index (χ4n) is 3.90. The highest BCUT2D eigenvalue weighted by molar-refractivity contribution is 6.42. The number of rotatable bonds is 4. The molecule has 0 unspecified atom stereocenters. The third-order valence-corrected chi connectivity index (χ3v) is 6.47. The summed E-state index contributed by atoms with van der Waals surface area (Å²) in [5.74, 6) is 0.115. The number of pyridine rings is 1. The molecule has 9 nitrogen and oxygen atoms in total. The maximum absolute atomic E-state index is 13.5. The molecule has 0 aliphatic carbocycles. The minimum atomic E-state index is -0.275. The molecule has 2 amide bonds. The Balaban J connectivity index is 1.71. The van der Waals surface area contributed by atoms with E-state index < -0.39 is 0 Å². The van der Waals surface area contributed by atoms with Crippen LogP contribution in [0.25, 0.3) is 5.82 Å². The van der Waals surface area contributed by atoms with E-state index in [9.17, 15) is 14.4 Å². The quantitative estimate of drug-likeness (QED) is 0.569. The van der Waals surface area contributed by atoms with Gasteiger partial charge in [0.25, 0.3) is 17.4 Å². The molecule has 11 heteroatoms. The van der Waals surface area contributed by atoms with Gasteiger partial charge in [-0.1, -0.05) is 23.2 Å². The normalized spacial score (nSPS) is 15.0. The fourth-order valence-corrected chi connectivity index (χ4v) is 4.20. The Bertz CT molecular complexity index is 1340. The lowest BCUT2D eigenvalue weighted by Gasteiger charge is -2.34. The summed E-state index contributed by atoms with van der Waals surface area (Å²) in [7, 11) is 3.18. The molecule has 1 atom stereocenters. The summed E-state index contributed by atoms with van der Waals surface area (Å²) in [5.41, 5.74) is 1.54. The number of fused-ring (bicyclic) bond motifs is 1. The van der Waals surface area contributed by atoms with Gasteiger partial charge in [0.15, 0.2) is 0 Å². The van der Waals surface area contributed by atoms with E-state index in [0.717, 1.165) is 0 Å². The highest BCUT2D eigenvalue weighted by atomic mass is 35.5. The number of hydrogen-bond acceptors (Lipinski definition) is 6. The largest absolute Gasteiger partial charge is 0.358 e. The zero-order valence-electron chi connectivity index (χ0n) is 18.7.